The van der Waals surface area contributed by atoms with Crippen LogP contribution < -0.4 is 20.5 Å². The van der Waals surface area contributed by atoms with Crippen LogP contribution in [-0.4, -0.2) is 41.2 Å². The van der Waals surface area contributed by atoms with E-state index in [4.69, 9.17) is 0 Å². The Morgan fingerprint density at radius 2 is 1.89 bits per heavy atom. The minimum Gasteiger partial charge on any atom is -0.478 e. The van der Waals surface area contributed by atoms with Crippen molar-refractivity contribution in [1.82, 2.24) is 9.55 Å². The summed E-state index contributed by atoms with van der Waals surface area (Å²) in [5.41, 5.74) is 0.264. The summed E-state index contributed by atoms with van der Waals surface area (Å²) in [6.07, 6.45) is -3.37. The Kier molecular flexibility index (Phi) is 6.56. The summed E-state index contributed by atoms with van der Waals surface area (Å²) in [6, 6.07) is 3.09. The maximum Gasteiger partial charge on any atom is 0.422 e. The number of hydrogen-bond donors (Lipinski definition) is 1. The lowest BCUT2D eigenvalue weighted by atomic mass is 10.1. The number of anilines is 2. The van der Waals surface area contributed by atoms with Crippen molar-refractivity contribution < 1.29 is 36.3 Å². The van der Waals surface area contributed by atoms with Crippen molar-refractivity contribution in [1.29, 1.82) is 0 Å². The van der Waals surface area contributed by atoms with Crippen molar-refractivity contribution in [3.8, 4) is 17.0 Å². The molecule has 1 atom stereocenters. The summed E-state index contributed by atoms with van der Waals surface area (Å²) in [7, 11) is 1.56. The number of rotatable bonds is 6. The number of carbonyl (C=O) groups is 2. The zero-order chi connectivity index (χ0) is 26.4. The van der Waals surface area contributed by atoms with E-state index in [-0.39, 0.29) is 28.8 Å². The van der Waals surface area contributed by atoms with Crippen LogP contribution >= 0.6 is 11.3 Å². The minimum atomic E-state index is -4.77. The zero-order valence-corrected chi connectivity index (χ0v) is 19.5. The molecular weight excluding hydrogens is 511 g/mol. The summed E-state index contributed by atoms with van der Waals surface area (Å²) >= 11 is 0.931. The van der Waals surface area contributed by atoms with E-state index in [1.54, 1.807) is 20.0 Å². The molecule has 1 aliphatic rings. The lowest BCUT2D eigenvalue weighted by Crippen LogP contribution is -2.29. The average molecular weight is 528 g/mol. The first-order chi connectivity index (χ1) is 16.9. The minimum absolute atomic E-state index is 0.0561. The largest absolute Gasteiger partial charge is 0.478 e. The van der Waals surface area contributed by atoms with E-state index in [0.717, 1.165) is 28.0 Å². The standard InChI is InChI=1S/C22H17F5N4O4S/c1-10-17-15(30(2)19(10)33)3-4-31(20(17)34)7-16(32)29-21-28-14(8-36-21)11-5-12(23)18(13(24)6-11)35-9-22(25,26)27/h3-6,8,10H,7,9H2,1-2H3,(H,28,29,32). The van der Waals surface area contributed by atoms with Gasteiger partial charge < -0.3 is 19.5 Å². The molecule has 0 saturated carbocycles. The second-order valence-electron chi connectivity index (χ2n) is 7.93. The second-order valence-corrected chi connectivity index (χ2v) is 8.78. The van der Waals surface area contributed by atoms with Crippen LogP contribution in [0.4, 0.5) is 32.8 Å². The van der Waals surface area contributed by atoms with Gasteiger partial charge in [-0.3, -0.25) is 14.4 Å². The van der Waals surface area contributed by atoms with Gasteiger partial charge in [0.05, 0.1) is 22.9 Å². The normalized spacial score (nSPS) is 15.2. The Hall–Kier alpha value is -3.81. The Morgan fingerprint density at radius 1 is 1.22 bits per heavy atom. The van der Waals surface area contributed by atoms with E-state index < -0.39 is 47.6 Å². The Morgan fingerprint density at radius 3 is 2.53 bits per heavy atom. The van der Waals surface area contributed by atoms with Gasteiger partial charge in [-0.2, -0.15) is 13.2 Å². The van der Waals surface area contributed by atoms with Crippen molar-refractivity contribution in [2.45, 2.75) is 25.6 Å². The fourth-order valence-electron chi connectivity index (χ4n) is 3.72. The predicted octanol–water partition coefficient (Wildman–Crippen LogP) is 3.91. The van der Waals surface area contributed by atoms with Gasteiger partial charge in [0.15, 0.2) is 29.1 Å². The lowest BCUT2D eigenvalue weighted by Gasteiger charge is -2.11. The fraction of sp³-hybridized carbons (Fsp3) is 0.273. The molecule has 2 aromatic heterocycles. The molecule has 0 fully saturated rings. The Labute approximate surface area is 203 Å². The molecule has 1 aliphatic heterocycles. The summed E-state index contributed by atoms with van der Waals surface area (Å²) in [6.45, 7) is -0.624. The average Bonchev–Trinajstić information content (AvgIpc) is 3.33. The quantitative estimate of drug-likeness (QED) is 0.490. The summed E-state index contributed by atoms with van der Waals surface area (Å²) in [5, 5.41) is 3.92. The van der Waals surface area contributed by atoms with Gasteiger partial charge >= 0.3 is 6.18 Å². The monoisotopic (exact) mass is 528 g/mol. The van der Waals surface area contributed by atoms with Crippen LogP contribution in [0.3, 0.4) is 0 Å². The number of amides is 2. The topological polar surface area (TPSA) is 93.5 Å². The number of nitrogens with zero attached hydrogens (tertiary/aromatic N) is 3. The van der Waals surface area contributed by atoms with Gasteiger partial charge in [0, 0.05) is 24.2 Å². The molecule has 3 heterocycles. The van der Waals surface area contributed by atoms with Crippen LogP contribution in [0.15, 0.2) is 34.6 Å². The number of carbonyl (C=O) groups excluding carboxylic acids is 2. The smallest absolute Gasteiger partial charge is 0.422 e. The van der Waals surface area contributed by atoms with Crippen molar-refractivity contribution in [3.63, 3.8) is 0 Å². The molecule has 0 bridgehead atoms. The lowest BCUT2D eigenvalue weighted by molar-refractivity contribution is -0.154. The maximum atomic E-state index is 14.2. The summed E-state index contributed by atoms with van der Waals surface area (Å²) in [4.78, 5) is 42.8. The predicted molar refractivity (Wildman–Crippen MR) is 120 cm³/mol. The molecule has 0 radical (unpaired) electrons. The first-order valence-electron chi connectivity index (χ1n) is 10.3. The number of aromatic nitrogens is 2. The van der Waals surface area contributed by atoms with Crippen LogP contribution in [0.2, 0.25) is 0 Å². The molecule has 4 rings (SSSR count). The van der Waals surface area contributed by atoms with Crippen molar-refractivity contribution in [2.75, 3.05) is 23.9 Å². The Bertz CT molecular complexity index is 1400. The summed E-state index contributed by atoms with van der Waals surface area (Å²) in [5.74, 6) is -5.34. The van der Waals surface area contributed by atoms with E-state index in [0.29, 0.717) is 11.3 Å². The van der Waals surface area contributed by atoms with Crippen LogP contribution in [0, 0.1) is 11.6 Å². The zero-order valence-electron chi connectivity index (χ0n) is 18.7. The van der Waals surface area contributed by atoms with E-state index in [1.165, 1.54) is 16.5 Å². The first kappa shape index (κ1) is 25.3. The molecule has 36 heavy (non-hydrogen) atoms. The van der Waals surface area contributed by atoms with Gasteiger partial charge in [-0.25, -0.2) is 13.8 Å². The number of benzene rings is 1. The van der Waals surface area contributed by atoms with E-state index in [2.05, 4.69) is 15.0 Å². The van der Waals surface area contributed by atoms with Crippen molar-refractivity contribution >= 4 is 34.0 Å². The molecule has 0 saturated heterocycles. The molecule has 2 amide bonds. The highest BCUT2D eigenvalue weighted by Gasteiger charge is 2.35. The number of thiazole rings is 1. The van der Waals surface area contributed by atoms with E-state index in [1.807, 2.05) is 0 Å². The molecule has 3 aromatic rings. The molecular formula is C22H17F5N4O4S. The van der Waals surface area contributed by atoms with Crippen LogP contribution in [-0.2, 0) is 16.1 Å². The number of nitrogens with one attached hydrogen (secondary N) is 1. The Balaban J connectivity index is 1.47. The number of fused-ring (bicyclic) bond motifs is 1. The van der Waals surface area contributed by atoms with Gasteiger partial charge in [0.1, 0.15) is 6.54 Å². The number of halogens is 5. The molecule has 190 valence electrons. The molecule has 14 heteroatoms. The number of hydrogen-bond acceptors (Lipinski definition) is 6. The molecule has 0 aliphatic carbocycles. The van der Waals surface area contributed by atoms with Gasteiger partial charge in [-0.05, 0) is 25.1 Å². The highest BCUT2D eigenvalue weighted by molar-refractivity contribution is 7.14. The first-order valence-corrected chi connectivity index (χ1v) is 11.2. The number of alkyl halides is 3. The van der Waals surface area contributed by atoms with Gasteiger partial charge in [-0.1, -0.05) is 0 Å². The number of pyridine rings is 1. The third-order valence-electron chi connectivity index (χ3n) is 5.41. The van der Waals surface area contributed by atoms with Crippen molar-refractivity contribution in [2.24, 2.45) is 0 Å². The number of likely N-dealkylation sites (N-methyl/N-ethyl adjacent to an activating group) is 1. The van der Waals surface area contributed by atoms with Crippen LogP contribution in [0.5, 0.6) is 5.75 Å². The SMILES string of the molecule is CC1C(=O)N(C)c2ccn(CC(=O)Nc3nc(-c4cc(F)c(OCC(F)(F)F)c(F)c4)cs3)c(=O)c21. The maximum absolute atomic E-state index is 14.2. The summed E-state index contributed by atoms with van der Waals surface area (Å²) < 4.78 is 70.5. The number of ether oxygens (including phenoxy) is 1. The molecule has 0 spiro atoms. The van der Waals surface area contributed by atoms with Gasteiger partial charge in [-0.15, -0.1) is 11.3 Å². The van der Waals surface area contributed by atoms with Gasteiger partial charge in [0.25, 0.3) is 5.56 Å². The molecule has 1 unspecified atom stereocenters. The molecule has 8 nitrogen and oxygen atoms in total. The molecule has 1 N–H and O–H groups in total. The fourth-order valence-corrected chi connectivity index (χ4v) is 4.45. The third-order valence-corrected chi connectivity index (χ3v) is 6.17. The van der Waals surface area contributed by atoms with Gasteiger partial charge in [0.2, 0.25) is 11.8 Å². The van der Waals surface area contributed by atoms with Crippen molar-refractivity contribution in [3.05, 3.63) is 57.3 Å². The van der Waals surface area contributed by atoms with E-state index >= 15 is 0 Å². The second kappa shape index (κ2) is 9.33. The molecule has 1 aromatic carbocycles. The van der Waals surface area contributed by atoms with Crippen LogP contribution in [0.25, 0.3) is 11.3 Å². The third kappa shape index (κ3) is 4.94. The highest BCUT2D eigenvalue weighted by atomic mass is 32.1. The highest BCUT2D eigenvalue weighted by Crippen LogP contribution is 2.33. The van der Waals surface area contributed by atoms with E-state index in [9.17, 15) is 36.3 Å². The van der Waals surface area contributed by atoms with Crippen LogP contribution in [0.1, 0.15) is 18.4 Å².